The van der Waals surface area contributed by atoms with Crippen LogP contribution in [0.2, 0.25) is 0 Å². The summed E-state index contributed by atoms with van der Waals surface area (Å²) in [6.45, 7) is 1.88. The first-order valence-corrected chi connectivity index (χ1v) is 8.02. The van der Waals surface area contributed by atoms with Gasteiger partial charge in [-0.15, -0.1) is 0 Å². The molecule has 140 valence electrons. The average Bonchev–Trinajstić information content (AvgIpc) is 2.63. The molecule has 0 radical (unpaired) electrons. The Kier molecular flexibility index (Phi) is 6.52. The van der Waals surface area contributed by atoms with Crippen LogP contribution in [-0.2, 0) is 11.3 Å². The molecule has 1 atom stereocenters. The number of rotatable bonds is 7. The molecule has 0 aliphatic heterocycles. The molecule has 1 N–H and O–H groups in total. The minimum Gasteiger partial charge on any atom is -0.493 e. The molecule has 5 nitrogen and oxygen atoms in total. The quantitative estimate of drug-likeness (QED) is 0.818. The lowest BCUT2D eigenvalue weighted by Crippen LogP contribution is -2.39. The van der Waals surface area contributed by atoms with Crippen LogP contribution in [0.4, 0.5) is 14.5 Å². The van der Waals surface area contributed by atoms with E-state index < -0.39 is 17.7 Å². The minimum absolute atomic E-state index is 0.173. The highest BCUT2D eigenvalue weighted by Gasteiger charge is 2.20. The van der Waals surface area contributed by atoms with Gasteiger partial charge in [0.15, 0.2) is 11.5 Å². The van der Waals surface area contributed by atoms with Crippen molar-refractivity contribution in [3.8, 4) is 11.5 Å². The molecular formula is C19H22F2N2O3. The number of hydrogen-bond acceptors (Lipinski definition) is 4. The summed E-state index contributed by atoms with van der Waals surface area (Å²) in [5.74, 6) is -0.470. The van der Waals surface area contributed by atoms with E-state index >= 15 is 0 Å². The van der Waals surface area contributed by atoms with Gasteiger partial charge >= 0.3 is 0 Å². The molecule has 7 heteroatoms. The number of anilines is 1. The van der Waals surface area contributed by atoms with Crippen LogP contribution in [0.5, 0.6) is 11.5 Å². The third kappa shape index (κ3) is 4.70. The van der Waals surface area contributed by atoms with Crippen molar-refractivity contribution >= 4 is 11.6 Å². The fourth-order valence-corrected chi connectivity index (χ4v) is 2.42. The predicted octanol–water partition coefficient (Wildman–Crippen LogP) is 3.44. The number of amides is 1. The zero-order valence-corrected chi connectivity index (χ0v) is 15.2. The first-order chi connectivity index (χ1) is 12.3. The third-order valence-corrected chi connectivity index (χ3v) is 4.13. The summed E-state index contributed by atoms with van der Waals surface area (Å²) in [5, 5.41) is 2.79. The van der Waals surface area contributed by atoms with E-state index in [1.807, 2.05) is 0 Å². The minimum atomic E-state index is -0.635. The van der Waals surface area contributed by atoms with Gasteiger partial charge in [-0.25, -0.2) is 8.78 Å². The Morgan fingerprint density at radius 1 is 1.12 bits per heavy atom. The highest BCUT2D eigenvalue weighted by atomic mass is 19.1. The molecule has 2 rings (SSSR count). The Bertz CT molecular complexity index is 783. The van der Waals surface area contributed by atoms with Crippen molar-refractivity contribution in [2.24, 2.45) is 0 Å². The molecule has 0 bridgehead atoms. The highest BCUT2D eigenvalue weighted by molar-refractivity contribution is 5.94. The highest BCUT2D eigenvalue weighted by Crippen LogP contribution is 2.29. The van der Waals surface area contributed by atoms with E-state index in [4.69, 9.17) is 9.47 Å². The molecule has 0 aliphatic rings. The zero-order chi connectivity index (χ0) is 19.3. The summed E-state index contributed by atoms with van der Waals surface area (Å²) < 4.78 is 37.1. The van der Waals surface area contributed by atoms with Crippen molar-refractivity contribution in [1.82, 2.24) is 4.90 Å². The van der Waals surface area contributed by atoms with E-state index in [-0.39, 0.29) is 12.5 Å². The fraction of sp³-hybridized carbons (Fsp3) is 0.316. The molecule has 26 heavy (non-hydrogen) atoms. The van der Waals surface area contributed by atoms with Crippen LogP contribution in [0.1, 0.15) is 12.5 Å². The van der Waals surface area contributed by atoms with Crippen LogP contribution in [0, 0.1) is 11.6 Å². The molecule has 0 fully saturated rings. The van der Waals surface area contributed by atoms with Gasteiger partial charge in [-0.2, -0.15) is 0 Å². The number of halogens is 2. The molecule has 0 spiro atoms. The largest absolute Gasteiger partial charge is 0.493 e. The van der Waals surface area contributed by atoms with E-state index in [0.29, 0.717) is 22.7 Å². The van der Waals surface area contributed by atoms with E-state index in [0.717, 1.165) is 6.07 Å². The van der Waals surface area contributed by atoms with Gasteiger partial charge in [0, 0.05) is 29.9 Å². The summed E-state index contributed by atoms with van der Waals surface area (Å²) in [4.78, 5) is 14.1. The lowest BCUT2D eigenvalue weighted by molar-refractivity contribution is -0.120. The van der Waals surface area contributed by atoms with Crippen molar-refractivity contribution in [2.45, 2.75) is 19.5 Å². The first kappa shape index (κ1) is 19.7. The molecule has 2 aromatic rings. The summed E-state index contributed by atoms with van der Waals surface area (Å²) in [5.41, 5.74) is 0.875. The SMILES string of the molecule is COc1ccc(NC(=O)C(C)N(C)Cc2ccc(F)cc2F)cc1OC. The zero-order valence-electron chi connectivity index (χ0n) is 15.2. The maximum atomic E-state index is 13.8. The third-order valence-electron chi connectivity index (χ3n) is 4.13. The second-order valence-corrected chi connectivity index (χ2v) is 5.89. The number of carbonyl (C=O) groups is 1. The van der Waals surface area contributed by atoms with E-state index in [1.165, 1.54) is 26.4 Å². The van der Waals surface area contributed by atoms with Gasteiger partial charge in [0.1, 0.15) is 11.6 Å². The molecule has 1 amide bonds. The first-order valence-electron chi connectivity index (χ1n) is 8.02. The summed E-state index contributed by atoms with van der Waals surface area (Å²) in [6, 6.07) is 7.91. The summed E-state index contributed by atoms with van der Waals surface area (Å²) in [7, 11) is 4.74. The smallest absolute Gasteiger partial charge is 0.241 e. The van der Waals surface area contributed by atoms with Gasteiger partial charge in [-0.1, -0.05) is 6.07 Å². The van der Waals surface area contributed by atoms with Crippen LogP contribution in [0.3, 0.4) is 0 Å². The number of benzene rings is 2. The van der Waals surface area contributed by atoms with Crippen molar-refractivity contribution in [3.63, 3.8) is 0 Å². The van der Waals surface area contributed by atoms with Gasteiger partial charge in [0.05, 0.1) is 20.3 Å². The number of nitrogens with zero attached hydrogens (tertiary/aromatic N) is 1. The van der Waals surface area contributed by atoms with Crippen molar-refractivity contribution in [2.75, 3.05) is 26.6 Å². The maximum Gasteiger partial charge on any atom is 0.241 e. The Morgan fingerprint density at radius 3 is 2.42 bits per heavy atom. The molecule has 2 aromatic carbocycles. The monoisotopic (exact) mass is 364 g/mol. The van der Waals surface area contributed by atoms with Gasteiger partial charge in [-0.05, 0) is 32.2 Å². The Balaban J connectivity index is 2.04. The van der Waals surface area contributed by atoms with Crippen LogP contribution < -0.4 is 14.8 Å². The Labute approximate surface area is 151 Å². The number of carbonyl (C=O) groups excluding carboxylic acids is 1. The topological polar surface area (TPSA) is 50.8 Å². The maximum absolute atomic E-state index is 13.8. The van der Waals surface area contributed by atoms with Crippen molar-refractivity contribution in [1.29, 1.82) is 0 Å². The fourth-order valence-electron chi connectivity index (χ4n) is 2.42. The van der Waals surface area contributed by atoms with Gasteiger partial charge in [-0.3, -0.25) is 9.69 Å². The molecule has 0 heterocycles. The summed E-state index contributed by atoms with van der Waals surface area (Å²) >= 11 is 0. The normalized spacial score (nSPS) is 12.0. The molecular weight excluding hydrogens is 342 g/mol. The number of methoxy groups -OCH3 is 2. The van der Waals surface area contributed by atoms with Gasteiger partial charge in [0.2, 0.25) is 5.91 Å². The second kappa shape index (κ2) is 8.62. The predicted molar refractivity (Wildman–Crippen MR) is 95.5 cm³/mol. The lowest BCUT2D eigenvalue weighted by Gasteiger charge is -2.24. The molecule has 1 unspecified atom stereocenters. The van der Waals surface area contributed by atoms with Gasteiger partial charge in [0.25, 0.3) is 0 Å². The average molecular weight is 364 g/mol. The van der Waals surface area contributed by atoms with Crippen LogP contribution >= 0.6 is 0 Å². The number of ether oxygens (including phenoxy) is 2. The van der Waals surface area contributed by atoms with Crippen molar-refractivity contribution in [3.05, 3.63) is 53.6 Å². The van der Waals surface area contributed by atoms with E-state index in [9.17, 15) is 13.6 Å². The number of hydrogen-bond donors (Lipinski definition) is 1. The molecule has 0 aromatic heterocycles. The molecule has 0 saturated carbocycles. The van der Waals surface area contributed by atoms with Crippen LogP contribution in [-0.4, -0.2) is 38.1 Å². The van der Waals surface area contributed by atoms with Gasteiger partial charge < -0.3 is 14.8 Å². The summed E-state index contributed by atoms with van der Waals surface area (Å²) in [6.07, 6.45) is 0. The second-order valence-electron chi connectivity index (χ2n) is 5.89. The number of likely N-dealkylation sites (N-methyl/N-ethyl adjacent to an activating group) is 1. The molecule has 0 aliphatic carbocycles. The lowest BCUT2D eigenvalue weighted by atomic mass is 10.1. The standard InChI is InChI=1S/C19H22F2N2O3/c1-12(23(2)11-13-5-6-14(20)9-16(13)21)19(24)22-15-7-8-17(25-3)18(10-15)26-4/h5-10,12H,11H2,1-4H3,(H,22,24). The number of nitrogens with one attached hydrogen (secondary N) is 1. The van der Waals surface area contributed by atoms with Crippen molar-refractivity contribution < 1.29 is 23.0 Å². The van der Waals surface area contributed by atoms with Crippen LogP contribution in [0.15, 0.2) is 36.4 Å². The Morgan fingerprint density at radius 2 is 1.81 bits per heavy atom. The van der Waals surface area contributed by atoms with Crippen LogP contribution in [0.25, 0.3) is 0 Å². The Hall–Kier alpha value is -2.67. The molecule has 0 saturated heterocycles. The van der Waals surface area contributed by atoms with E-state index in [1.54, 1.807) is 37.1 Å². The van der Waals surface area contributed by atoms with E-state index in [2.05, 4.69) is 5.32 Å².